The van der Waals surface area contributed by atoms with Crippen molar-refractivity contribution in [1.29, 1.82) is 0 Å². The van der Waals surface area contributed by atoms with E-state index >= 15 is 0 Å². The molecule has 0 bridgehead atoms. The SMILES string of the molecule is O=C(NCc1ccc(Cn2cnc3ccccc32)cc1)NCC(c1cccs1)N1CCCC1. The maximum atomic E-state index is 12.5. The Labute approximate surface area is 198 Å². The number of nitrogens with one attached hydrogen (secondary N) is 2. The van der Waals surface area contributed by atoms with E-state index in [4.69, 9.17) is 0 Å². The average molecular weight is 460 g/mol. The summed E-state index contributed by atoms with van der Waals surface area (Å²) in [5.74, 6) is 0. The summed E-state index contributed by atoms with van der Waals surface area (Å²) >= 11 is 1.76. The Kier molecular flexibility index (Phi) is 6.69. The van der Waals surface area contributed by atoms with Gasteiger partial charge in [-0.05, 0) is 60.6 Å². The summed E-state index contributed by atoms with van der Waals surface area (Å²) in [6.45, 7) is 4.12. The molecule has 33 heavy (non-hydrogen) atoms. The molecule has 0 saturated carbocycles. The summed E-state index contributed by atoms with van der Waals surface area (Å²) in [6, 6.07) is 20.9. The third-order valence-corrected chi connectivity index (χ3v) is 7.24. The number of amides is 2. The fourth-order valence-electron chi connectivity index (χ4n) is 4.47. The molecule has 0 radical (unpaired) electrons. The molecule has 1 fully saturated rings. The summed E-state index contributed by atoms with van der Waals surface area (Å²) in [5.41, 5.74) is 4.43. The van der Waals surface area contributed by atoms with Crippen LogP contribution < -0.4 is 10.6 Å². The highest BCUT2D eigenvalue weighted by Crippen LogP contribution is 2.27. The molecule has 4 aromatic rings. The van der Waals surface area contributed by atoms with Crippen LogP contribution in [0.3, 0.4) is 0 Å². The average Bonchev–Trinajstić information content (AvgIpc) is 3.62. The van der Waals surface area contributed by atoms with E-state index in [1.165, 1.54) is 23.3 Å². The summed E-state index contributed by atoms with van der Waals surface area (Å²) in [5, 5.41) is 8.19. The molecule has 170 valence electrons. The second kappa shape index (κ2) is 10.2. The van der Waals surface area contributed by atoms with E-state index < -0.39 is 0 Å². The molecule has 0 aliphatic carbocycles. The van der Waals surface area contributed by atoms with Crippen molar-refractivity contribution in [3.05, 3.63) is 88.4 Å². The van der Waals surface area contributed by atoms with Crippen LogP contribution >= 0.6 is 11.3 Å². The molecule has 1 atom stereocenters. The molecule has 1 unspecified atom stereocenters. The van der Waals surface area contributed by atoms with Gasteiger partial charge < -0.3 is 15.2 Å². The number of likely N-dealkylation sites (tertiary alicyclic amines) is 1. The molecule has 5 rings (SSSR count). The van der Waals surface area contributed by atoms with Crippen LogP contribution in [0.25, 0.3) is 11.0 Å². The van der Waals surface area contributed by atoms with Gasteiger partial charge in [-0.15, -0.1) is 11.3 Å². The molecule has 1 aliphatic rings. The minimum absolute atomic E-state index is 0.121. The van der Waals surface area contributed by atoms with Gasteiger partial charge in [-0.1, -0.05) is 42.5 Å². The van der Waals surface area contributed by atoms with E-state index in [1.807, 2.05) is 24.5 Å². The first kappa shape index (κ1) is 21.7. The zero-order valence-electron chi connectivity index (χ0n) is 18.6. The Hall–Kier alpha value is -3.16. The number of hydrogen-bond acceptors (Lipinski definition) is 4. The van der Waals surface area contributed by atoms with Crippen LogP contribution in [-0.2, 0) is 13.1 Å². The predicted octanol–water partition coefficient (Wildman–Crippen LogP) is 4.78. The largest absolute Gasteiger partial charge is 0.336 e. The fourth-order valence-corrected chi connectivity index (χ4v) is 5.33. The number of rotatable bonds is 8. The van der Waals surface area contributed by atoms with Gasteiger partial charge in [0.05, 0.1) is 23.4 Å². The van der Waals surface area contributed by atoms with E-state index in [0.29, 0.717) is 13.1 Å². The maximum Gasteiger partial charge on any atom is 0.315 e. The summed E-state index contributed by atoms with van der Waals surface area (Å²) in [7, 11) is 0. The Bertz CT molecular complexity index is 1180. The highest BCUT2D eigenvalue weighted by Gasteiger charge is 2.24. The number of carbonyl (C=O) groups is 1. The number of urea groups is 1. The Balaban J connectivity index is 1.12. The van der Waals surface area contributed by atoms with Crippen LogP contribution in [0.5, 0.6) is 0 Å². The first-order valence-electron chi connectivity index (χ1n) is 11.5. The first-order chi connectivity index (χ1) is 16.3. The molecule has 6 nitrogen and oxygen atoms in total. The van der Waals surface area contributed by atoms with Gasteiger partial charge in [0, 0.05) is 24.5 Å². The maximum absolute atomic E-state index is 12.5. The molecule has 2 N–H and O–H groups in total. The monoisotopic (exact) mass is 459 g/mol. The van der Waals surface area contributed by atoms with E-state index in [9.17, 15) is 4.79 Å². The Morgan fingerprint density at radius 2 is 1.76 bits per heavy atom. The van der Waals surface area contributed by atoms with Gasteiger partial charge in [0.2, 0.25) is 0 Å². The normalized spacial score (nSPS) is 15.0. The zero-order chi connectivity index (χ0) is 22.5. The lowest BCUT2D eigenvalue weighted by Gasteiger charge is -2.27. The standard InChI is InChI=1S/C26H29N5OS/c32-26(28-17-24(25-8-5-15-33-25)30-13-3-4-14-30)27-16-20-9-11-21(12-10-20)18-31-19-29-22-6-1-2-7-23(22)31/h1-2,5-12,15,19,24H,3-4,13-14,16-18H2,(H2,27,28,32). The molecule has 1 aliphatic heterocycles. The van der Waals surface area contributed by atoms with Gasteiger partial charge in [-0.25, -0.2) is 9.78 Å². The van der Waals surface area contributed by atoms with Crippen molar-refractivity contribution in [2.24, 2.45) is 0 Å². The second-order valence-corrected chi connectivity index (χ2v) is 9.49. The van der Waals surface area contributed by atoms with E-state index in [2.05, 4.69) is 72.9 Å². The van der Waals surface area contributed by atoms with Gasteiger partial charge in [-0.3, -0.25) is 4.90 Å². The highest BCUT2D eigenvalue weighted by molar-refractivity contribution is 7.10. The smallest absolute Gasteiger partial charge is 0.315 e. The van der Waals surface area contributed by atoms with E-state index in [-0.39, 0.29) is 12.1 Å². The molecule has 2 aromatic carbocycles. The predicted molar refractivity (Wildman–Crippen MR) is 133 cm³/mol. The molecule has 1 saturated heterocycles. The number of fused-ring (bicyclic) bond motifs is 1. The van der Waals surface area contributed by atoms with Gasteiger partial charge in [0.15, 0.2) is 0 Å². The van der Waals surface area contributed by atoms with Crippen molar-refractivity contribution >= 4 is 28.4 Å². The van der Waals surface area contributed by atoms with E-state index in [1.54, 1.807) is 11.3 Å². The number of benzene rings is 2. The number of aromatic nitrogens is 2. The Morgan fingerprint density at radius 1 is 0.970 bits per heavy atom. The third kappa shape index (κ3) is 5.26. The van der Waals surface area contributed by atoms with Crippen molar-refractivity contribution in [2.75, 3.05) is 19.6 Å². The van der Waals surface area contributed by atoms with Gasteiger partial charge in [-0.2, -0.15) is 0 Å². The minimum atomic E-state index is -0.121. The van der Waals surface area contributed by atoms with Gasteiger partial charge in [0.25, 0.3) is 0 Å². The van der Waals surface area contributed by atoms with E-state index in [0.717, 1.165) is 36.2 Å². The van der Waals surface area contributed by atoms with Crippen LogP contribution in [0.2, 0.25) is 0 Å². The first-order valence-corrected chi connectivity index (χ1v) is 12.4. The van der Waals surface area contributed by atoms with Crippen LogP contribution in [0.15, 0.2) is 72.4 Å². The molecular weight excluding hydrogens is 430 g/mol. The molecular formula is C26H29N5OS. The van der Waals surface area contributed by atoms with Crippen molar-refractivity contribution in [1.82, 2.24) is 25.1 Å². The number of imidazole rings is 1. The van der Waals surface area contributed by atoms with Crippen molar-refractivity contribution in [3.8, 4) is 0 Å². The topological polar surface area (TPSA) is 62.2 Å². The summed E-state index contributed by atoms with van der Waals surface area (Å²) in [4.78, 5) is 20.7. The zero-order valence-corrected chi connectivity index (χ0v) is 19.4. The summed E-state index contributed by atoms with van der Waals surface area (Å²) < 4.78 is 2.15. The summed E-state index contributed by atoms with van der Waals surface area (Å²) in [6.07, 6.45) is 4.36. The number of para-hydroxylation sites is 2. The van der Waals surface area contributed by atoms with Crippen molar-refractivity contribution in [3.63, 3.8) is 0 Å². The number of carbonyl (C=O) groups excluding carboxylic acids is 1. The third-order valence-electron chi connectivity index (χ3n) is 6.27. The minimum Gasteiger partial charge on any atom is -0.336 e. The number of nitrogens with zero attached hydrogens (tertiary/aromatic N) is 3. The van der Waals surface area contributed by atoms with Crippen LogP contribution in [0, 0.1) is 0 Å². The lowest BCUT2D eigenvalue weighted by atomic mass is 10.1. The van der Waals surface area contributed by atoms with Crippen molar-refractivity contribution < 1.29 is 4.79 Å². The molecule has 2 aromatic heterocycles. The van der Waals surface area contributed by atoms with Gasteiger partial charge in [0.1, 0.15) is 0 Å². The lowest BCUT2D eigenvalue weighted by molar-refractivity contribution is 0.222. The molecule has 0 spiro atoms. The Morgan fingerprint density at radius 3 is 2.55 bits per heavy atom. The second-order valence-electron chi connectivity index (χ2n) is 8.52. The molecule has 2 amide bonds. The van der Waals surface area contributed by atoms with Crippen LogP contribution in [-0.4, -0.2) is 40.1 Å². The highest BCUT2D eigenvalue weighted by atomic mass is 32.1. The fraction of sp³-hybridized carbons (Fsp3) is 0.308. The lowest BCUT2D eigenvalue weighted by Crippen LogP contribution is -2.41. The van der Waals surface area contributed by atoms with Crippen LogP contribution in [0.1, 0.15) is 34.9 Å². The van der Waals surface area contributed by atoms with Crippen molar-refractivity contribution in [2.45, 2.75) is 32.0 Å². The van der Waals surface area contributed by atoms with Gasteiger partial charge >= 0.3 is 6.03 Å². The number of thiophene rings is 1. The quantitative estimate of drug-likeness (QED) is 0.399. The molecule has 7 heteroatoms. The number of hydrogen-bond donors (Lipinski definition) is 2. The molecule has 3 heterocycles. The van der Waals surface area contributed by atoms with Crippen LogP contribution in [0.4, 0.5) is 4.79 Å².